The van der Waals surface area contributed by atoms with Crippen LogP contribution in [0.3, 0.4) is 0 Å². The third kappa shape index (κ3) is 3.56. The Morgan fingerprint density at radius 2 is 1.96 bits per heavy atom. The second-order valence-electron chi connectivity index (χ2n) is 7.43. The molecular formula is C17H26ClN3O3S. The van der Waals surface area contributed by atoms with E-state index < -0.39 is 10.0 Å². The number of halogens is 1. The van der Waals surface area contributed by atoms with E-state index in [0.29, 0.717) is 26.1 Å². The number of fused-ring (bicyclic) bond motifs is 1. The molecule has 0 radical (unpaired) electrons. The van der Waals surface area contributed by atoms with E-state index >= 15 is 0 Å². The SMILES string of the molecule is CC(=O)N1CCc2ccc(S(=O)(=O)N3CCC(N)C(C)(C)C3)cc21.Cl. The van der Waals surface area contributed by atoms with Crippen molar-refractivity contribution in [3.05, 3.63) is 23.8 Å². The summed E-state index contributed by atoms with van der Waals surface area (Å²) in [5.74, 6) is -0.0617. The zero-order valence-electron chi connectivity index (χ0n) is 14.9. The molecule has 2 aliphatic rings. The van der Waals surface area contributed by atoms with Gasteiger partial charge in [-0.25, -0.2) is 8.42 Å². The zero-order chi connectivity index (χ0) is 17.7. The van der Waals surface area contributed by atoms with Crippen LogP contribution in [0.1, 0.15) is 32.8 Å². The van der Waals surface area contributed by atoms with Gasteiger partial charge >= 0.3 is 0 Å². The number of nitrogens with zero attached hydrogens (tertiary/aromatic N) is 2. The number of carbonyl (C=O) groups is 1. The van der Waals surface area contributed by atoms with E-state index in [1.165, 1.54) is 11.2 Å². The van der Waals surface area contributed by atoms with Crippen molar-refractivity contribution in [2.24, 2.45) is 11.1 Å². The number of benzene rings is 1. The van der Waals surface area contributed by atoms with Crippen molar-refractivity contribution in [2.75, 3.05) is 24.5 Å². The van der Waals surface area contributed by atoms with Gasteiger partial charge in [-0.05, 0) is 36.0 Å². The van der Waals surface area contributed by atoms with Crippen LogP contribution >= 0.6 is 12.4 Å². The van der Waals surface area contributed by atoms with E-state index in [0.717, 1.165) is 17.7 Å². The highest BCUT2D eigenvalue weighted by Crippen LogP contribution is 2.34. The van der Waals surface area contributed by atoms with E-state index in [4.69, 9.17) is 5.73 Å². The summed E-state index contributed by atoms with van der Waals surface area (Å²) in [6, 6.07) is 5.11. The topological polar surface area (TPSA) is 83.7 Å². The Morgan fingerprint density at radius 3 is 2.56 bits per heavy atom. The molecule has 2 aliphatic heterocycles. The molecule has 2 heterocycles. The number of carbonyl (C=O) groups excluding carboxylic acids is 1. The normalized spacial score (nSPS) is 23.0. The minimum atomic E-state index is -3.59. The molecule has 3 rings (SSSR count). The highest BCUT2D eigenvalue weighted by molar-refractivity contribution is 7.89. The maximum atomic E-state index is 13.0. The lowest BCUT2D eigenvalue weighted by Crippen LogP contribution is -2.53. The number of anilines is 1. The first-order chi connectivity index (χ1) is 11.1. The number of rotatable bonds is 2. The van der Waals surface area contributed by atoms with Gasteiger partial charge < -0.3 is 10.6 Å². The van der Waals surface area contributed by atoms with Crippen molar-refractivity contribution in [3.8, 4) is 0 Å². The van der Waals surface area contributed by atoms with E-state index in [2.05, 4.69) is 0 Å². The zero-order valence-corrected chi connectivity index (χ0v) is 16.5. The quantitative estimate of drug-likeness (QED) is 0.838. The molecule has 0 spiro atoms. The van der Waals surface area contributed by atoms with Gasteiger partial charge in [0.2, 0.25) is 15.9 Å². The third-order valence-electron chi connectivity index (χ3n) is 5.25. The van der Waals surface area contributed by atoms with Crippen molar-refractivity contribution in [1.82, 2.24) is 4.31 Å². The molecule has 0 bridgehead atoms. The van der Waals surface area contributed by atoms with Gasteiger partial charge in [-0.2, -0.15) is 4.31 Å². The molecule has 140 valence electrons. The lowest BCUT2D eigenvalue weighted by molar-refractivity contribution is -0.116. The molecule has 1 unspecified atom stereocenters. The van der Waals surface area contributed by atoms with Gasteiger partial charge in [0.05, 0.1) is 4.90 Å². The molecule has 1 fully saturated rings. The van der Waals surface area contributed by atoms with Gasteiger partial charge in [-0.3, -0.25) is 4.79 Å². The first kappa shape index (κ1) is 20.2. The smallest absolute Gasteiger partial charge is 0.243 e. The predicted molar refractivity (Wildman–Crippen MR) is 101 cm³/mol. The second kappa shape index (κ2) is 6.87. The van der Waals surface area contributed by atoms with Crippen LogP contribution in [0, 0.1) is 5.41 Å². The van der Waals surface area contributed by atoms with Crippen molar-refractivity contribution >= 4 is 34.0 Å². The van der Waals surface area contributed by atoms with Gasteiger partial charge in [0.25, 0.3) is 0 Å². The van der Waals surface area contributed by atoms with Crippen LogP contribution in [0.15, 0.2) is 23.1 Å². The van der Waals surface area contributed by atoms with E-state index in [1.54, 1.807) is 17.0 Å². The predicted octanol–water partition coefficient (Wildman–Crippen LogP) is 1.77. The summed E-state index contributed by atoms with van der Waals surface area (Å²) in [6.45, 7) is 6.95. The molecule has 25 heavy (non-hydrogen) atoms. The van der Waals surface area contributed by atoms with Crippen LogP contribution in [0.4, 0.5) is 5.69 Å². The average molecular weight is 388 g/mol. The summed E-state index contributed by atoms with van der Waals surface area (Å²) < 4.78 is 27.6. The molecule has 1 amide bonds. The van der Waals surface area contributed by atoms with Crippen LogP contribution in [-0.4, -0.2) is 44.3 Å². The maximum Gasteiger partial charge on any atom is 0.243 e. The summed E-state index contributed by atoms with van der Waals surface area (Å²) in [5.41, 5.74) is 7.60. The van der Waals surface area contributed by atoms with Gasteiger partial charge in [0, 0.05) is 38.3 Å². The minimum Gasteiger partial charge on any atom is -0.327 e. The Bertz CT molecular complexity index is 779. The van der Waals surface area contributed by atoms with Crippen LogP contribution in [-0.2, 0) is 21.2 Å². The molecule has 1 saturated heterocycles. The van der Waals surface area contributed by atoms with Crippen LogP contribution < -0.4 is 10.6 Å². The van der Waals surface area contributed by atoms with Crippen LogP contribution in [0.25, 0.3) is 0 Å². The highest BCUT2D eigenvalue weighted by Gasteiger charge is 2.39. The molecule has 6 nitrogen and oxygen atoms in total. The Morgan fingerprint density at radius 1 is 1.28 bits per heavy atom. The molecule has 2 N–H and O–H groups in total. The van der Waals surface area contributed by atoms with Gasteiger partial charge in [0.15, 0.2) is 0 Å². The molecule has 0 saturated carbocycles. The van der Waals surface area contributed by atoms with Crippen molar-refractivity contribution in [3.63, 3.8) is 0 Å². The summed E-state index contributed by atoms with van der Waals surface area (Å²) >= 11 is 0. The van der Waals surface area contributed by atoms with E-state index in [9.17, 15) is 13.2 Å². The molecule has 1 aromatic carbocycles. The molecule has 0 aromatic heterocycles. The Balaban J connectivity index is 0.00000225. The molecule has 8 heteroatoms. The lowest BCUT2D eigenvalue weighted by Gasteiger charge is -2.41. The molecule has 1 atom stereocenters. The van der Waals surface area contributed by atoms with Crippen molar-refractivity contribution in [2.45, 2.75) is 44.6 Å². The Hall–Kier alpha value is -1.15. The van der Waals surface area contributed by atoms with Gasteiger partial charge in [0.1, 0.15) is 0 Å². The van der Waals surface area contributed by atoms with Gasteiger partial charge in [-0.15, -0.1) is 12.4 Å². The number of piperidine rings is 1. The minimum absolute atomic E-state index is 0. The van der Waals surface area contributed by atoms with E-state index in [-0.39, 0.29) is 34.7 Å². The molecule has 1 aromatic rings. The van der Waals surface area contributed by atoms with E-state index in [1.807, 2.05) is 19.9 Å². The Kier molecular flexibility index (Phi) is 5.54. The standard InChI is InChI=1S/C17H25N3O3S.ClH/c1-12(21)20-9-6-13-4-5-14(10-15(13)20)24(22,23)19-8-7-16(18)17(2,3)11-19;/h4-5,10,16H,6-9,11,18H2,1-3H3;1H. The summed E-state index contributed by atoms with van der Waals surface area (Å²) in [6.07, 6.45) is 1.41. The number of sulfonamides is 1. The number of hydrogen-bond acceptors (Lipinski definition) is 4. The van der Waals surface area contributed by atoms with Crippen LogP contribution in [0.2, 0.25) is 0 Å². The van der Waals surface area contributed by atoms with Crippen molar-refractivity contribution in [1.29, 1.82) is 0 Å². The monoisotopic (exact) mass is 387 g/mol. The molecular weight excluding hydrogens is 362 g/mol. The summed E-state index contributed by atoms with van der Waals surface area (Å²) in [7, 11) is -3.59. The number of nitrogens with two attached hydrogens (primary N) is 1. The number of hydrogen-bond donors (Lipinski definition) is 1. The lowest BCUT2D eigenvalue weighted by atomic mass is 9.81. The van der Waals surface area contributed by atoms with Crippen molar-refractivity contribution < 1.29 is 13.2 Å². The largest absolute Gasteiger partial charge is 0.327 e. The fraction of sp³-hybridized carbons (Fsp3) is 0.588. The number of amides is 1. The van der Waals surface area contributed by atoms with Crippen LogP contribution in [0.5, 0.6) is 0 Å². The summed E-state index contributed by atoms with van der Waals surface area (Å²) in [5, 5.41) is 0. The molecule has 0 aliphatic carbocycles. The first-order valence-electron chi connectivity index (χ1n) is 8.30. The van der Waals surface area contributed by atoms with Gasteiger partial charge in [-0.1, -0.05) is 19.9 Å². The third-order valence-corrected chi connectivity index (χ3v) is 7.09. The summed E-state index contributed by atoms with van der Waals surface area (Å²) in [4.78, 5) is 13.6. The Labute approximate surface area is 155 Å². The average Bonchev–Trinajstić information content (AvgIpc) is 2.93. The second-order valence-corrected chi connectivity index (χ2v) is 9.37. The first-order valence-corrected chi connectivity index (χ1v) is 9.74. The fourth-order valence-electron chi connectivity index (χ4n) is 3.53. The highest BCUT2D eigenvalue weighted by atomic mass is 35.5. The fourth-order valence-corrected chi connectivity index (χ4v) is 5.17. The maximum absolute atomic E-state index is 13.0.